The maximum absolute atomic E-state index is 12.6. The van der Waals surface area contributed by atoms with Gasteiger partial charge in [0.15, 0.2) is 5.11 Å². The summed E-state index contributed by atoms with van der Waals surface area (Å²) in [6, 6.07) is 15.9. The summed E-state index contributed by atoms with van der Waals surface area (Å²) in [5, 5.41) is 3.69. The molecule has 0 bridgehead atoms. The summed E-state index contributed by atoms with van der Waals surface area (Å²) < 4.78 is 9.76. The lowest BCUT2D eigenvalue weighted by molar-refractivity contribution is -0.136. The molecule has 144 valence electrons. The van der Waals surface area contributed by atoms with E-state index < -0.39 is 18.0 Å². The predicted molar refractivity (Wildman–Crippen MR) is 110 cm³/mol. The van der Waals surface area contributed by atoms with Gasteiger partial charge in [0.2, 0.25) is 0 Å². The van der Waals surface area contributed by atoms with Crippen molar-refractivity contribution in [3.63, 3.8) is 0 Å². The first kappa shape index (κ1) is 19.6. The maximum atomic E-state index is 12.6. The molecule has 1 atom stereocenters. The molecule has 0 spiro atoms. The number of para-hydroxylation sites is 1. The van der Waals surface area contributed by atoms with Gasteiger partial charge in [-0.3, -0.25) is 4.90 Å². The number of hydrogen-bond acceptors (Lipinski definition) is 5. The normalized spacial score (nSPS) is 16.5. The summed E-state index contributed by atoms with van der Waals surface area (Å²) in [6.45, 7) is 1.84. The molecule has 7 heteroatoms. The minimum Gasteiger partial charge on any atom is -0.466 e. The van der Waals surface area contributed by atoms with Crippen LogP contribution in [-0.2, 0) is 14.3 Å². The van der Waals surface area contributed by atoms with Crippen molar-refractivity contribution in [1.29, 1.82) is 0 Å². The Balaban J connectivity index is 2.06. The van der Waals surface area contributed by atoms with Gasteiger partial charge in [-0.1, -0.05) is 30.3 Å². The molecule has 0 aliphatic carbocycles. The standard InChI is InChI=1S/C21H20N2O4S/c1-13-17(20(25)27-3)18(14-9-11-15(12-10-14)19(24)26-2)22-21(28)23(13)16-7-5-4-6-8-16/h4-12,18H,1-3H3,(H,22,28)/t18-/m1/s1. The Hall–Kier alpha value is -3.19. The molecule has 28 heavy (non-hydrogen) atoms. The number of esters is 2. The van der Waals surface area contributed by atoms with Crippen LogP contribution in [0.3, 0.4) is 0 Å². The quantitative estimate of drug-likeness (QED) is 0.628. The summed E-state index contributed by atoms with van der Waals surface area (Å²) in [6.07, 6.45) is 0. The number of rotatable bonds is 4. The highest BCUT2D eigenvalue weighted by molar-refractivity contribution is 7.80. The van der Waals surface area contributed by atoms with E-state index in [1.165, 1.54) is 14.2 Å². The summed E-state index contributed by atoms with van der Waals surface area (Å²) in [5.74, 6) is -0.871. The first-order valence-corrected chi connectivity index (χ1v) is 9.01. The molecule has 2 aromatic carbocycles. The van der Waals surface area contributed by atoms with Crippen LogP contribution in [0.2, 0.25) is 0 Å². The highest BCUT2D eigenvalue weighted by Gasteiger charge is 2.35. The molecule has 0 saturated carbocycles. The van der Waals surface area contributed by atoms with Crippen LogP contribution in [0, 0.1) is 0 Å². The first-order chi connectivity index (χ1) is 13.5. The van der Waals surface area contributed by atoms with Gasteiger partial charge in [-0.05, 0) is 49.0 Å². The van der Waals surface area contributed by atoms with Crippen molar-refractivity contribution in [2.75, 3.05) is 19.1 Å². The Morgan fingerprint density at radius 2 is 1.57 bits per heavy atom. The molecule has 6 nitrogen and oxygen atoms in total. The van der Waals surface area contributed by atoms with E-state index in [9.17, 15) is 9.59 Å². The Morgan fingerprint density at radius 1 is 0.964 bits per heavy atom. The fraction of sp³-hybridized carbons (Fsp3) is 0.190. The third kappa shape index (κ3) is 3.61. The van der Waals surface area contributed by atoms with Gasteiger partial charge in [-0.25, -0.2) is 9.59 Å². The second-order valence-electron chi connectivity index (χ2n) is 6.16. The average molecular weight is 396 g/mol. The third-order valence-electron chi connectivity index (χ3n) is 4.57. The molecule has 3 rings (SSSR count). The number of benzene rings is 2. The van der Waals surface area contributed by atoms with Crippen molar-refractivity contribution in [2.45, 2.75) is 13.0 Å². The van der Waals surface area contributed by atoms with E-state index in [2.05, 4.69) is 5.32 Å². The van der Waals surface area contributed by atoms with Gasteiger partial charge in [0.25, 0.3) is 0 Å². The van der Waals surface area contributed by atoms with Gasteiger partial charge in [-0.2, -0.15) is 0 Å². The van der Waals surface area contributed by atoms with Crippen molar-refractivity contribution in [2.24, 2.45) is 0 Å². The second-order valence-corrected chi connectivity index (χ2v) is 6.54. The predicted octanol–water partition coefficient (Wildman–Crippen LogP) is 3.36. The van der Waals surface area contributed by atoms with Gasteiger partial charge in [0.05, 0.1) is 31.4 Å². The van der Waals surface area contributed by atoms with Crippen LogP contribution in [-0.4, -0.2) is 31.3 Å². The Kier molecular flexibility index (Phi) is 5.75. The van der Waals surface area contributed by atoms with E-state index in [0.29, 0.717) is 21.9 Å². The molecule has 0 saturated heterocycles. The van der Waals surface area contributed by atoms with E-state index in [0.717, 1.165) is 11.3 Å². The highest BCUT2D eigenvalue weighted by Crippen LogP contribution is 2.34. The summed E-state index contributed by atoms with van der Waals surface area (Å²) in [5.41, 5.74) is 3.19. The van der Waals surface area contributed by atoms with Crippen LogP contribution in [0.1, 0.15) is 28.9 Å². The minimum atomic E-state index is -0.494. The highest BCUT2D eigenvalue weighted by atomic mass is 32.1. The average Bonchev–Trinajstić information content (AvgIpc) is 2.73. The van der Waals surface area contributed by atoms with Crippen molar-refractivity contribution < 1.29 is 19.1 Å². The largest absolute Gasteiger partial charge is 0.466 e. The topological polar surface area (TPSA) is 67.9 Å². The molecular weight excluding hydrogens is 376 g/mol. The molecule has 0 fully saturated rings. The van der Waals surface area contributed by atoms with Crippen molar-refractivity contribution in [3.05, 3.63) is 77.0 Å². The molecule has 2 aromatic rings. The van der Waals surface area contributed by atoms with Gasteiger partial charge >= 0.3 is 11.9 Å². The Bertz CT molecular complexity index is 939. The van der Waals surface area contributed by atoms with Crippen molar-refractivity contribution >= 4 is 35.0 Å². The molecular formula is C21H20N2O4S. The zero-order valence-electron chi connectivity index (χ0n) is 15.8. The molecule has 0 radical (unpaired) electrons. The number of methoxy groups -OCH3 is 2. The monoisotopic (exact) mass is 396 g/mol. The van der Waals surface area contributed by atoms with Gasteiger partial charge in [-0.15, -0.1) is 0 Å². The number of hydrogen-bond donors (Lipinski definition) is 1. The van der Waals surface area contributed by atoms with Gasteiger partial charge < -0.3 is 14.8 Å². The molecule has 0 aromatic heterocycles. The zero-order chi connectivity index (χ0) is 20.3. The third-order valence-corrected chi connectivity index (χ3v) is 4.87. The Morgan fingerprint density at radius 3 is 2.14 bits per heavy atom. The number of ether oxygens (including phenoxy) is 2. The van der Waals surface area contributed by atoms with E-state index in [1.54, 1.807) is 29.2 Å². The number of carbonyl (C=O) groups excluding carboxylic acids is 2. The van der Waals surface area contributed by atoms with Gasteiger partial charge in [0.1, 0.15) is 0 Å². The second kappa shape index (κ2) is 8.22. The summed E-state index contributed by atoms with van der Waals surface area (Å²) >= 11 is 5.58. The lowest BCUT2D eigenvalue weighted by Crippen LogP contribution is -2.48. The molecule has 0 unspecified atom stereocenters. The van der Waals surface area contributed by atoms with Crippen LogP contribution in [0.15, 0.2) is 65.9 Å². The SMILES string of the molecule is COC(=O)C1=C(C)N(c2ccccc2)C(=S)N[C@@H]1c1ccc(C(=O)OC)cc1. The van der Waals surface area contributed by atoms with Crippen LogP contribution < -0.4 is 10.2 Å². The van der Waals surface area contributed by atoms with E-state index in [1.807, 2.05) is 37.3 Å². The number of nitrogens with zero attached hydrogens (tertiary/aromatic N) is 1. The van der Waals surface area contributed by atoms with Crippen LogP contribution in [0.4, 0.5) is 5.69 Å². The molecule has 1 heterocycles. The molecule has 0 amide bonds. The number of thiocarbonyl (C=S) groups is 1. The van der Waals surface area contributed by atoms with Crippen LogP contribution in [0.25, 0.3) is 0 Å². The lowest BCUT2D eigenvalue weighted by Gasteiger charge is -2.37. The lowest BCUT2D eigenvalue weighted by atomic mass is 9.94. The molecule has 1 N–H and O–H groups in total. The van der Waals surface area contributed by atoms with E-state index in [4.69, 9.17) is 21.7 Å². The molecule has 1 aliphatic rings. The molecule has 1 aliphatic heterocycles. The fourth-order valence-electron chi connectivity index (χ4n) is 3.18. The number of carbonyl (C=O) groups is 2. The number of anilines is 1. The van der Waals surface area contributed by atoms with Crippen LogP contribution >= 0.6 is 12.2 Å². The number of nitrogens with one attached hydrogen (secondary N) is 1. The van der Waals surface area contributed by atoms with E-state index in [-0.39, 0.29) is 0 Å². The smallest absolute Gasteiger partial charge is 0.337 e. The first-order valence-electron chi connectivity index (χ1n) is 8.61. The minimum absolute atomic E-state index is 0.422. The van der Waals surface area contributed by atoms with Crippen molar-refractivity contribution in [3.8, 4) is 0 Å². The van der Waals surface area contributed by atoms with Gasteiger partial charge in [0, 0.05) is 11.4 Å². The Labute approximate surface area is 168 Å². The summed E-state index contributed by atoms with van der Waals surface area (Å²) in [7, 11) is 2.68. The van der Waals surface area contributed by atoms with Crippen molar-refractivity contribution in [1.82, 2.24) is 5.32 Å². The zero-order valence-corrected chi connectivity index (χ0v) is 16.6. The summed E-state index contributed by atoms with van der Waals surface area (Å²) in [4.78, 5) is 26.1. The van der Waals surface area contributed by atoms with Crippen LogP contribution in [0.5, 0.6) is 0 Å². The number of allylic oxidation sites excluding steroid dienone is 1. The van der Waals surface area contributed by atoms with E-state index >= 15 is 0 Å². The fourth-order valence-corrected chi connectivity index (χ4v) is 3.55. The maximum Gasteiger partial charge on any atom is 0.337 e.